The molecule has 0 bridgehead atoms. The molecule has 1 aliphatic heterocycles. The summed E-state index contributed by atoms with van der Waals surface area (Å²) in [5, 5.41) is 0. The van der Waals surface area contributed by atoms with Crippen LogP contribution >= 0.6 is 0 Å². The molecule has 0 N–H and O–H groups in total. The molecule has 1 saturated heterocycles. The van der Waals surface area contributed by atoms with Crippen LogP contribution in [-0.2, 0) is 17.8 Å². The van der Waals surface area contributed by atoms with E-state index in [0.29, 0.717) is 44.6 Å². The van der Waals surface area contributed by atoms with E-state index in [1.807, 2.05) is 46.2 Å². The summed E-state index contributed by atoms with van der Waals surface area (Å²) < 4.78 is 0. The van der Waals surface area contributed by atoms with Crippen LogP contribution in [0.3, 0.4) is 0 Å². The van der Waals surface area contributed by atoms with E-state index in [2.05, 4.69) is 29.2 Å². The molecule has 4 rings (SSSR count). The first-order valence-corrected chi connectivity index (χ1v) is 11.3. The van der Waals surface area contributed by atoms with Crippen LogP contribution in [0.4, 0.5) is 0 Å². The fourth-order valence-electron chi connectivity index (χ4n) is 4.24. The van der Waals surface area contributed by atoms with Gasteiger partial charge in [0.15, 0.2) is 0 Å². The quantitative estimate of drug-likeness (QED) is 0.568. The van der Waals surface area contributed by atoms with Crippen LogP contribution in [0.1, 0.15) is 34.3 Å². The Kier molecular flexibility index (Phi) is 7.28. The van der Waals surface area contributed by atoms with Gasteiger partial charge in [-0.15, -0.1) is 0 Å². The van der Waals surface area contributed by atoms with Gasteiger partial charge in [0.25, 0.3) is 5.91 Å². The zero-order valence-corrected chi connectivity index (χ0v) is 18.3. The van der Waals surface area contributed by atoms with E-state index in [4.69, 9.17) is 0 Å². The molecule has 3 aromatic rings. The van der Waals surface area contributed by atoms with Gasteiger partial charge in [0.2, 0.25) is 5.91 Å². The topological polar surface area (TPSA) is 53.5 Å². The third kappa shape index (κ3) is 5.61. The number of carbonyl (C=O) groups is 2. The summed E-state index contributed by atoms with van der Waals surface area (Å²) in [5.74, 6) is 0.139. The second-order valence-corrected chi connectivity index (χ2v) is 8.29. The lowest BCUT2D eigenvalue weighted by molar-refractivity contribution is -0.137. The van der Waals surface area contributed by atoms with Crippen molar-refractivity contribution >= 4 is 11.8 Å². The SMILES string of the molecule is O=C(c1cccnc1)N1CCC(C(=O)N(CCc2ccccc2)Cc2ccccc2)CC1. The number of benzene rings is 2. The van der Waals surface area contributed by atoms with Gasteiger partial charge in [-0.05, 0) is 42.5 Å². The minimum Gasteiger partial charge on any atom is -0.339 e. The van der Waals surface area contributed by atoms with Crippen molar-refractivity contribution in [3.8, 4) is 0 Å². The minimum atomic E-state index is -0.0487. The highest BCUT2D eigenvalue weighted by molar-refractivity contribution is 5.94. The lowest BCUT2D eigenvalue weighted by Crippen LogP contribution is -2.44. The molecule has 0 atom stereocenters. The summed E-state index contributed by atoms with van der Waals surface area (Å²) in [6, 6.07) is 24.0. The predicted octanol–water partition coefficient (Wildman–Crippen LogP) is 4.21. The van der Waals surface area contributed by atoms with Crippen LogP contribution in [0.15, 0.2) is 85.2 Å². The average molecular weight is 428 g/mol. The van der Waals surface area contributed by atoms with Crippen molar-refractivity contribution < 1.29 is 9.59 Å². The molecular weight excluding hydrogens is 398 g/mol. The van der Waals surface area contributed by atoms with Gasteiger partial charge in [-0.2, -0.15) is 0 Å². The number of hydrogen-bond acceptors (Lipinski definition) is 3. The van der Waals surface area contributed by atoms with Gasteiger partial charge in [0.05, 0.1) is 5.56 Å². The number of rotatable bonds is 7. The zero-order chi connectivity index (χ0) is 22.2. The fourth-order valence-corrected chi connectivity index (χ4v) is 4.24. The third-order valence-corrected chi connectivity index (χ3v) is 6.08. The normalized spacial score (nSPS) is 14.2. The van der Waals surface area contributed by atoms with Gasteiger partial charge in [0, 0.05) is 44.5 Å². The Morgan fingerprint density at radius 3 is 2.16 bits per heavy atom. The van der Waals surface area contributed by atoms with E-state index < -0.39 is 0 Å². The predicted molar refractivity (Wildman–Crippen MR) is 125 cm³/mol. The minimum absolute atomic E-state index is 0.00535. The Morgan fingerprint density at radius 2 is 1.53 bits per heavy atom. The molecule has 0 unspecified atom stereocenters. The monoisotopic (exact) mass is 427 g/mol. The maximum atomic E-state index is 13.5. The molecule has 164 valence electrons. The average Bonchev–Trinajstić information content (AvgIpc) is 2.87. The van der Waals surface area contributed by atoms with Gasteiger partial charge < -0.3 is 9.80 Å². The van der Waals surface area contributed by atoms with E-state index in [-0.39, 0.29) is 17.7 Å². The maximum absolute atomic E-state index is 13.5. The highest BCUT2D eigenvalue weighted by Crippen LogP contribution is 2.22. The molecule has 0 aliphatic carbocycles. The number of pyridine rings is 1. The Hall–Kier alpha value is -3.47. The van der Waals surface area contributed by atoms with Crippen molar-refractivity contribution in [3.63, 3.8) is 0 Å². The fraction of sp³-hybridized carbons (Fsp3) is 0.296. The standard InChI is InChI=1S/C27H29N3O2/c31-26(24-14-18-29(19-15-24)27(32)25-12-7-16-28-20-25)30(21-23-10-5-2-6-11-23)17-13-22-8-3-1-4-9-22/h1-12,16,20,24H,13-15,17-19,21H2. The van der Waals surface area contributed by atoms with Gasteiger partial charge in [-0.3, -0.25) is 14.6 Å². The zero-order valence-electron chi connectivity index (χ0n) is 18.3. The van der Waals surface area contributed by atoms with Crippen molar-refractivity contribution in [2.45, 2.75) is 25.8 Å². The van der Waals surface area contributed by atoms with E-state index in [0.717, 1.165) is 12.0 Å². The van der Waals surface area contributed by atoms with Crippen LogP contribution in [0.2, 0.25) is 0 Å². The first-order valence-electron chi connectivity index (χ1n) is 11.3. The van der Waals surface area contributed by atoms with Gasteiger partial charge in [0.1, 0.15) is 0 Å². The largest absolute Gasteiger partial charge is 0.339 e. The van der Waals surface area contributed by atoms with Crippen molar-refractivity contribution in [1.82, 2.24) is 14.8 Å². The molecule has 5 nitrogen and oxygen atoms in total. The Labute approximate surface area is 189 Å². The molecule has 0 saturated carbocycles. The molecule has 1 aliphatic rings. The molecule has 1 fully saturated rings. The molecule has 1 aromatic heterocycles. The van der Waals surface area contributed by atoms with E-state index in [1.54, 1.807) is 24.5 Å². The van der Waals surface area contributed by atoms with Crippen LogP contribution in [0.25, 0.3) is 0 Å². The lowest BCUT2D eigenvalue weighted by Gasteiger charge is -2.34. The smallest absolute Gasteiger partial charge is 0.255 e. The molecule has 32 heavy (non-hydrogen) atoms. The second kappa shape index (κ2) is 10.7. The van der Waals surface area contributed by atoms with Crippen molar-refractivity contribution in [1.29, 1.82) is 0 Å². The summed E-state index contributed by atoms with van der Waals surface area (Å²) in [4.78, 5) is 34.1. The molecule has 0 radical (unpaired) electrons. The number of likely N-dealkylation sites (tertiary alicyclic amines) is 1. The summed E-state index contributed by atoms with van der Waals surface area (Å²) in [6.45, 7) is 2.50. The summed E-state index contributed by atoms with van der Waals surface area (Å²) in [6.07, 6.45) is 5.49. The first kappa shape index (κ1) is 21.8. The number of amides is 2. The maximum Gasteiger partial charge on any atom is 0.255 e. The summed E-state index contributed by atoms with van der Waals surface area (Å²) in [7, 11) is 0. The number of aromatic nitrogens is 1. The highest BCUT2D eigenvalue weighted by atomic mass is 16.2. The summed E-state index contributed by atoms with van der Waals surface area (Å²) >= 11 is 0. The Balaban J connectivity index is 1.39. The number of piperidine rings is 1. The van der Waals surface area contributed by atoms with E-state index in [1.165, 1.54) is 5.56 Å². The van der Waals surface area contributed by atoms with Crippen LogP contribution in [-0.4, -0.2) is 46.2 Å². The Bertz CT molecular complexity index is 1000. The Morgan fingerprint density at radius 1 is 0.875 bits per heavy atom. The van der Waals surface area contributed by atoms with Gasteiger partial charge in [-0.1, -0.05) is 60.7 Å². The molecule has 2 amide bonds. The van der Waals surface area contributed by atoms with Gasteiger partial charge >= 0.3 is 0 Å². The molecule has 2 heterocycles. The van der Waals surface area contributed by atoms with Crippen LogP contribution in [0, 0.1) is 5.92 Å². The second-order valence-electron chi connectivity index (χ2n) is 8.29. The highest BCUT2D eigenvalue weighted by Gasteiger charge is 2.30. The van der Waals surface area contributed by atoms with E-state index in [9.17, 15) is 9.59 Å². The van der Waals surface area contributed by atoms with Crippen molar-refractivity contribution in [3.05, 3.63) is 102 Å². The number of carbonyl (C=O) groups excluding carboxylic acids is 2. The van der Waals surface area contributed by atoms with Crippen molar-refractivity contribution in [2.75, 3.05) is 19.6 Å². The molecular formula is C27H29N3O2. The first-order chi connectivity index (χ1) is 15.7. The van der Waals surface area contributed by atoms with Crippen molar-refractivity contribution in [2.24, 2.45) is 5.92 Å². The molecule has 0 spiro atoms. The summed E-state index contributed by atoms with van der Waals surface area (Å²) in [5.41, 5.74) is 2.97. The molecule has 2 aromatic carbocycles. The number of nitrogens with zero attached hydrogens (tertiary/aromatic N) is 3. The number of hydrogen-bond donors (Lipinski definition) is 0. The van der Waals surface area contributed by atoms with Crippen LogP contribution in [0.5, 0.6) is 0 Å². The van der Waals surface area contributed by atoms with E-state index >= 15 is 0 Å². The molecule has 5 heteroatoms. The third-order valence-electron chi connectivity index (χ3n) is 6.08. The van der Waals surface area contributed by atoms with Gasteiger partial charge in [-0.25, -0.2) is 0 Å². The lowest BCUT2D eigenvalue weighted by atomic mass is 9.94. The van der Waals surface area contributed by atoms with Crippen LogP contribution < -0.4 is 0 Å².